The van der Waals surface area contributed by atoms with Gasteiger partial charge in [-0.05, 0) is 31.5 Å². The van der Waals surface area contributed by atoms with Crippen LogP contribution in [-0.2, 0) is 0 Å². The second-order valence-electron chi connectivity index (χ2n) is 5.42. The van der Waals surface area contributed by atoms with E-state index >= 15 is 0 Å². The van der Waals surface area contributed by atoms with Crippen LogP contribution in [0.5, 0.6) is 0 Å². The molecule has 0 aromatic heterocycles. The van der Waals surface area contributed by atoms with E-state index in [0.29, 0.717) is 0 Å². The van der Waals surface area contributed by atoms with Crippen molar-refractivity contribution in [1.29, 1.82) is 0 Å². The van der Waals surface area contributed by atoms with Gasteiger partial charge in [0.25, 0.3) is 0 Å². The highest BCUT2D eigenvalue weighted by Crippen LogP contribution is 2.12. The van der Waals surface area contributed by atoms with Gasteiger partial charge in [0.15, 0.2) is 0 Å². The van der Waals surface area contributed by atoms with Gasteiger partial charge in [-0.3, -0.25) is 4.90 Å². The number of piperazine rings is 1. The maximum Gasteiger partial charge on any atom is 0.0370 e. The highest BCUT2D eigenvalue weighted by molar-refractivity contribution is 5.50. The summed E-state index contributed by atoms with van der Waals surface area (Å²) >= 11 is 0. The molecule has 0 atom stereocenters. The summed E-state index contributed by atoms with van der Waals surface area (Å²) < 4.78 is 0. The highest BCUT2D eigenvalue weighted by Gasteiger charge is 2.15. The number of rotatable bonds is 6. The number of nitrogens with zero attached hydrogens (tertiary/aromatic N) is 2. The molecular formula is C16H27N3. The van der Waals surface area contributed by atoms with Crippen molar-refractivity contribution in [3.8, 4) is 0 Å². The maximum atomic E-state index is 3.54. The van der Waals surface area contributed by atoms with Crippen LogP contribution in [0.3, 0.4) is 0 Å². The minimum Gasteiger partial charge on any atom is -0.384 e. The molecule has 3 heteroatoms. The zero-order chi connectivity index (χ0) is 13.5. The fourth-order valence-corrected chi connectivity index (χ4v) is 2.67. The van der Waals surface area contributed by atoms with Gasteiger partial charge >= 0.3 is 0 Å². The lowest BCUT2D eigenvalue weighted by atomic mass is 10.2. The third-order valence-corrected chi connectivity index (χ3v) is 3.89. The number of benzene rings is 1. The van der Waals surface area contributed by atoms with Gasteiger partial charge in [-0.2, -0.15) is 0 Å². The second kappa shape index (κ2) is 7.51. The SMILES string of the molecule is CCCN1CCN(CCNc2ccccc2C)CC1. The Bertz CT molecular complexity index is 370. The van der Waals surface area contributed by atoms with Crippen molar-refractivity contribution < 1.29 is 0 Å². The van der Waals surface area contributed by atoms with Crippen LogP contribution in [0.1, 0.15) is 18.9 Å². The lowest BCUT2D eigenvalue weighted by molar-refractivity contribution is 0.136. The fourth-order valence-electron chi connectivity index (χ4n) is 2.67. The van der Waals surface area contributed by atoms with Crippen molar-refractivity contribution >= 4 is 5.69 Å². The van der Waals surface area contributed by atoms with Crippen molar-refractivity contribution in [1.82, 2.24) is 9.80 Å². The Morgan fingerprint density at radius 2 is 1.63 bits per heavy atom. The van der Waals surface area contributed by atoms with Crippen LogP contribution in [0, 0.1) is 6.92 Å². The summed E-state index contributed by atoms with van der Waals surface area (Å²) in [5.41, 5.74) is 2.60. The molecule has 1 aliphatic heterocycles. The van der Waals surface area contributed by atoms with Gasteiger partial charge in [0.1, 0.15) is 0 Å². The summed E-state index contributed by atoms with van der Waals surface area (Å²) in [4.78, 5) is 5.14. The van der Waals surface area contributed by atoms with Crippen LogP contribution >= 0.6 is 0 Å². The van der Waals surface area contributed by atoms with E-state index < -0.39 is 0 Å². The van der Waals surface area contributed by atoms with Gasteiger partial charge in [-0.1, -0.05) is 25.1 Å². The van der Waals surface area contributed by atoms with E-state index in [4.69, 9.17) is 0 Å². The number of anilines is 1. The largest absolute Gasteiger partial charge is 0.384 e. The van der Waals surface area contributed by atoms with Gasteiger partial charge in [-0.15, -0.1) is 0 Å². The Kier molecular flexibility index (Phi) is 5.67. The third-order valence-electron chi connectivity index (χ3n) is 3.89. The fraction of sp³-hybridized carbons (Fsp3) is 0.625. The van der Waals surface area contributed by atoms with E-state index in [9.17, 15) is 0 Å². The Labute approximate surface area is 117 Å². The molecule has 0 radical (unpaired) electrons. The monoisotopic (exact) mass is 261 g/mol. The molecule has 0 saturated carbocycles. The highest BCUT2D eigenvalue weighted by atomic mass is 15.3. The van der Waals surface area contributed by atoms with E-state index in [0.717, 1.165) is 13.1 Å². The van der Waals surface area contributed by atoms with Crippen molar-refractivity contribution in [3.63, 3.8) is 0 Å². The molecule has 1 fully saturated rings. The Balaban J connectivity index is 1.66. The summed E-state index contributed by atoms with van der Waals surface area (Å²) in [6, 6.07) is 8.51. The standard InChI is InChI=1S/C16H27N3/c1-3-9-18-11-13-19(14-12-18)10-8-17-16-7-5-4-6-15(16)2/h4-7,17H,3,8-14H2,1-2H3. The van der Waals surface area contributed by atoms with Crippen LogP contribution < -0.4 is 5.32 Å². The van der Waals surface area contributed by atoms with Crippen LogP contribution in [0.2, 0.25) is 0 Å². The first-order valence-electron chi connectivity index (χ1n) is 7.54. The van der Waals surface area contributed by atoms with E-state index in [-0.39, 0.29) is 0 Å². The molecule has 2 rings (SSSR count). The Hall–Kier alpha value is -1.06. The van der Waals surface area contributed by atoms with Gasteiger partial charge in [0, 0.05) is 45.0 Å². The van der Waals surface area contributed by atoms with Crippen LogP contribution in [0.25, 0.3) is 0 Å². The molecule has 1 N–H and O–H groups in total. The summed E-state index contributed by atoms with van der Waals surface area (Å²) in [6.07, 6.45) is 1.27. The van der Waals surface area contributed by atoms with Gasteiger partial charge in [0.2, 0.25) is 0 Å². The van der Waals surface area contributed by atoms with Crippen LogP contribution in [0.4, 0.5) is 5.69 Å². The summed E-state index contributed by atoms with van der Waals surface area (Å²) in [7, 11) is 0. The predicted octanol–water partition coefficient (Wildman–Crippen LogP) is 2.43. The van der Waals surface area contributed by atoms with Crippen LogP contribution in [-0.4, -0.2) is 55.6 Å². The molecule has 3 nitrogen and oxygen atoms in total. The van der Waals surface area contributed by atoms with E-state index in [1.54, 1.807) is 0 Å². The lowest BCUT2D eigenvalue weighted by Gasteiger charge is -2.34. The summed E-state index contributed by atoms with van der Waals surface area (Å²) in [6.45, 7) is 12.8. The molecule has 0 spiro atoms. The van der Waals surface area contributed by atoms with Gasteiger partial charge in [0.05, 0.1) is 0 Å². The van der Waals surface area contributed by atoms with Crippen LogP contribution in [0.15, 0.2) is 24.3 Å². The smallest absolute Gasteiger partial charge is 0.0370 e. The average molecular weight is 261 g/mol. The topological polar surface area (TPSA) is 18.5 Å². The molecule has 106 valence electrons. The Morgan fingerprint density at radius 1 is 1.00 bits per heavy atom. The molecule has 1 heterocycles. The number of nitrogens with one attached hydrogen (secondary N) is 1. The van der Waals surface area contributed by atoms with Crippen molar-refractivity contribution in [2.24, 2.45) is 0 Å². The molecule has 1 aliphatic rings. The molecule has 1 saturated heterocycles. The molecular weight excluding hydrogens is 234 g/mol. The molecule has 0 unspecified atom stereocenters. The number of para-hydroxylation sites is 1. The molecule has 0 bridgehead atoms. The molecule has 1 aromatic rings. The summed E-state index contributed by atoms with van der Waals surface area (Å²) in [5.74, 6) is 0. The predicted molar refractivity (Wildman–Crippen MR) is 82.8 cm³/mol. The summed E-state index contributed by atoms with van der Waals surface area (Å²) in [5, 5.41) is 3.54. The normalized spacial score (nSPS) is 17.6. The number of hydrogen-bond donors (Lipinski definition) is 1. The number of hydrogen-bond acceptors (Lipinski definition) is 3. The van der Waals surface area contributed by atoms with E-state index in [1.165, 1.54) is 50.4 Å². The molecule has 0 aliphatic carbocycles. The van der Waals surface area contributed by atoms with Gasteiger partial charge in [-0.25, -0.2) is 0 Å². The first kappa shape index (κ1) is 14.4. The van der Waals surface area contributed by atoms with Gasteiger partial charge < -0.3 is 10.2 Å². The van der Waals surface area contributed by atoms with Crippen molar-refractivity contribution in [2.45, 2.75) is 20.3 Å². The minimum absolute atomic E-state index is 1.04. The van der Waals surface area contributed by atoms with Crippen molar-refractivity contribution in [3.05, 3.63) is 29.8 Å². The minimum atomic E-state index is 1.04. The molecule has 0 amide bonds. The van der Waals surface area contributed by atoms with Crippen molar-refractivity contribution in [2.75, 3.05) is 51.1 Å². The Morgan fingerprint density at radius 3 is 2.26 bits per heavy atom. The third kappa shape index (κ3) is 4.51. The first-order chi connectivity index (χ1) is 9.29. The average Bonchev–Trinajstić information content (AvgIpc) is 2.43. The zero-order valence-electron chi connectivity index (χ0n) is 12.4. The molecule has 1 aromatic carbocycles. The van der Waals surface area contributed by atoms with E-state index in [1.807, 2.05) is 0 Å². The lowest BCUT2D eigenvalue weighted by Crippen LogP contribution is -2.47. The first-order valence-corrected chi connectivity index (χ1v) is 7.54. The maximum absolute atomic E-state index is 3.54. The number of aryl methyl sites for hydroxylation is 1. The van der Waals surface area contributed by atoms with E-state index in [2.05, 4.69) is 53.2 Å². The zero-order valence-corrected chi connectivity index (χ0v) is 12.4. The second-order valence-corrected chi connectivity index (χ2v) is 5.42. The quantitative estimate of drug-likeness (QED) is 0.848. The molecule has 19 heavy (non-hydrogen) atoms.